The van der Waals surface area contributed by atoms with Gasteiger partial charge in [-0.05, 0) is 31.0 Å². The van der Waals surface area contributed by atoms with E-state index in [4.69, 9.17) is 4.74 Å². The van der Waals surface area contributed by atoms with Crippen LogP contribution in [0.5, 0.6) is 0 Å². The fourth-order valence-corrected chi connectivity index (χ4v) is 2.81. The molecule has 0 saturated carbocycles. The number of imide groups is 1. The van der Waals surface area contributed by atoms with Crippen molar-refractivity contribution in [2.24, 2.45) is 5.92 Å². The van der Waals surface area contributed by atoms with E-state index in [2.05, 4.69) is 5.32 Å². The molecule has 1 N–H and O–H groups in total. The minimum absolute atomic E-state index is 0.0719. The zero-order valence-electron chi connectivity index (χ0n) is 13.3. The number of nitrogens with one attached hydrogen (secondary N) is 1. The lowest BCUT2D eigenvalue weighted by atomic mass is 10.1. The number of benzene rings is 1. The first-order chi connectivity index (χ1) is 11.0. The Bertz CT molecular complexity index is 663. The molecule has 6 heteroatoms. The highest BCUT2D eigenvalue weighted by Gasteiger charge is 2.37. The summed E-state index contributed by atoms with van der Waals surface area (Å²) in [6, 6.07) is 4.83. The van der Waals surface area contributed by atoms with E-state index in [1.807, 2.05) is 0 Å². The molecule has 1 aromatic rings. The van der Waals surface area contributed by atoms with Gasteiger partial charge in [0.05, 0.1) is 23.8 Å². The van der Waals surface area contributed by atoms with E-state index in [0.717, 1.165) is 12.8 Å². The Labute approximate surface area is 134 Å². The maximum atomic E-state index is 12.5. The summed E-state index contributed by atoms with van der Waals surface area (Å²) in [5, 5.41) is 2.75. The van der Waals surface area contributed by atoms with Crippen LogP contribution >= 0.6 is 0 Å². The van der Waals surface area contributed by atoms with Gasteiger partial charge in [0, 0.05) is 18.2 Å². The summed E-state index contributed by atoms with van der Waals surface area (Å²) in [4.78, 5) is 37.9. The average molecular weight is 316 g/mol. The molecule has 0 bridgehead atoms. The highest BCUT2D eigenvalue weighted by atomic mass is 16.5. The lowest BCUT2D eigenvalue weighted by molar-refractivity contribution is -0.118. The van der Waals surface area contributed by atoms with Gasteiger partial charge in [-0.1, -0.05) is 13.8 Å². The van der Waals surface area contributed by atoms with Crippen LogP contribution < -0.4 is 5.32 Å². The minimum atomic E-state index is -0.318. The second kappa shape index (κ2) is 6.12. The SMILES string of the molecule is CC(C)C(=O)Nc1ccc2c(c1)C(=O)N(CC1CCCO1)C2=O. The highest BCUT2D eigenvalue weighted by Crippen LogP contribution is 2.27. The van der Waals surface area contributed by atoms with Crippen LogP contribution in [0.4, 0.5) is 5.69 Å². The number of amides is 3. The highest BCUT2D eigenvalue weighted by molar-refractivity contribution is 6.21. The summed E-state index contributed by atoms with van der Waals surface area (Å²) in [7, 11) is 0. The monoisotopic (exact) mass is 316 g/mol. The first kappa shape index (κ1) is 15.7. The molecule has 3 amide bonds. The minimum Gasteiger partial charge on any atom is -0.376 e. The number of hydrogen-bond donors (Lipinski definition) is 1. The van der Waals surface area contributed by atoms with E-state index < -0.39 is 0 Å². The van der Waals surface area contributed by atoms with Gasteiger partial charge in [-0.3, -0.25) is 19.3 Å². The molecule has 1 atom stereocenters. The van der Waals surface area contributed by atoms with Crippen molar-refractivity contribution in [1.82, 2.24) is 4.90 Å². The standard InChI is InChI=1S/C17H20N2O4/c1-10(2)15(20)18-11-5-6-13-14(8-11)17(22)19(16(13)21)9-12-4-3-7-23-12/h5-6,8,10,12H,3-4,7,9H2,1-2H3,(H,18,20). The fourth-order valence-electron chi connectivity index (χ4n) is 2.81. The Balaban J connectivity index is 1.79. The average Bonchev–Trinajstić information content (AvgIpc) is 3.11. The van der Waals surface area contributed by atoms with Crippen LogP contribution in [-0.2, 0) is 9.53 Å². The first-order valence-corrected chi connectivity index (χ1v) is 7.90. The second-order valence-corrected chi connectivity index (χ2v) is 6.26. The lowest BCUT2D eigenvalue weighted by Crippen LogP contribution is -2.36. The van der Waals surface area contributed by atoms with Gasteiger partial charge in [0.2, 0.25) is 5.91 Å². The third-order valence-corrected chi connectivity index (χ3v) is 4.17. The summed E-state index contributed by atoms with van der Waals surface area (Å²) >= 11 is 0. The van der Waals surface area contributed by atoms with Crippen molar-refractivity contribution in [3.8, 4) is 0 Å². The molecular formula is C17H20N2O4. The predicted octanol–water partition coefficient (Wildman–Crippen LogP) is 2.06. The Kier molecular flexibility index (Phi) is 4.17. The first-order valence-electron chi connectivity index (χ1n) is 7.90. The summed E-state index contributed by atoms with van der Waals surface area (Å²) in [5.41, 5.74) is 1.26. The smallest absolute Gasteiger partial charge is 0.261 e. The zero-order valence-corrected chi connectivity index (χ0v) is 13.3. The maximum absolute atomic E-state index is 12.5. The molecular weight excluding hydrogens is 296 g/mol. The van der Waals surface area contributed by atoms with Crippen molar-refractivity contribution in [3.05, 3.63) is 29.3 Å². The molecule has 0 aromatic heterocycles. The van der Waals surface area contributed by atoms with Crippen LogP contribution in [0, 0.1) is 5.92 Å². The van der Waals surface area contributed by atoms with Gasteiger partial charge in [-0.2, -0.15) is 0 Å². The summed E-state index contributed by atoms with van der Waals surface area (Å²) in [5.74, 6) is -0.891. The van der Waals surface area contributed by atoms with Crippen molar-refractivity contribution in [1.29, 1.82) is 0 Å². The maximum Gasteiger partial charge on any atom is 0.261 e. The Morgan fingerprint density at radius 1 is 1.30 bits per heavy atom. The Hall–Kier alpha value is -2.21. The van der Waals surface area contributed by atoms with Crippen molar-refractivity contribution >= 4 is 23.4 Å². The molecule has 0 aliphatic carbocycles. The molecule has 122 valence electrons. The number of rotatable bonds is 4. The molecule has 1 aromatic carbocycles. The van der Waals surface area contributed by atoms with E-state index in [1.54, 1.807) is 32.0 Å². The lowest BCUT2D eigenvalue weighted by Gasteiger charge is -2.17. The van der Waals surface area contributed by atoms with Crippen LogP contribution in [0.2, 0.25) is 0 Å². The Morgan fingerprint density at radius 3 is 2.70 bits per heavy atom. The van der Waals surface area contributed by atoms with Gasteiger partial charge >= 0.3 is 0 Å². The van der Waals surface area contributed by atoms with Crippen molar-refractivity contribution in [3.63, 3.8) is 0 Å². The normalized spacial score (nSPS) is 20.3. The molecule has 2 aliphatic rings. The third-order valence-electron chi connectivity index (χ3n) is 4.17. The molecule has 0 spiro atoms. The predicted molar refractivity (Wildman–Crippen MR) is 84.3 cm³/mol. The van der Waals surface area contributed by atoms with Crippen LogP contribution in [-0.4, -0.2) is 41.9 Å². The van der Waals surface area contributed by atoms with Gasteiger partial charge < -0.3 is 10.1 Å². The van der Waals surface area contributed by atoms with E-state index >= 15 is 0 Å². The zero-order chi connectivity index (χ0) is 16.6. The van der Waals surface area contributed by atoms with Gasteiger partial charge in [0.1, 0.15) is 0 Å². The molecule has 1 unspecified atom stereocenters. The number of nitrogens with zero attached hydrogens (tertiary/aromatic N) is 1. The van der Waals surface area contributed by atoms with Crippen molar-refractivity contribution < 1.29 is 19.1 Å². The van der Waals surface area contributed by atoms with E-state index in [0.29, 0.717) is 30.0 Å². The number of anilines is 1. The van der Waals surface area contributed by atoms with Gasteiger partial charge in [0.15, 0.2) is 0 Å². The number of carbonyl (C=O) groups is 3. The van der Waals surface area contributed by atoms with Crippen LogP contribution in [0.1, 0.15) is 47.4 Å². The number of carbonyl (C=O) groups excluding carboxylic acids is 3. The molecule has 0 radical (unpaired) electrons. The second-order valence-electron chi connectivity index (χ2n) is 6.26. The fraction of sp³-hybridized carbons (Fsp3) is 0.471. The number of ether oxygens (including phenoxy) is 1. The topological polar surface area (TPSA) is 75.7 Å². The van der Waals surface area contributed by atoms with Gasteiger partial charge in [-0.15, -0.1) is 0 Å². The van der Waals surface area contributed by atoms with Crippen LogP contribution in [0.25, 0.3) is 0 Å². The van der Waals surface area contributed by atoms with Gasteiger partial charge in [0.25, 0.3) is 11.8 Å². The van der Waals surface area contributed by atoms with Crippen LogP contribution in [0.3, 0.4) is 0 Å². The molecule has 1 fully saturated rings. The summed E-state index contributed by atoms with van der Waals surface area (Å²) in [6.07, 6.45) is 1.75. The van der Waals surface area contributed by atoms with E-state index in [9.17, 15) is 14.4 Å². The van der Waals surface area contributed by atoms with Crippen molar-refractivity contribution in [2.45, 2.75) is 32.8 Å². The Morgan fingerprint density at radius 2 is 2.04 bits per heavy atom. The number of hydrogen-bond acceptors (Lipinski definition) is 4. The van der Waals surface area contributed by atoms with Gasteiger partial charge in [-0.25, -0.2) is 0 Å². The molecule has 2 heterocycles. The molecule has 3 rings (SSSR count). The van der Waals surface area contributed by atoms with Crippen LogP contribution in [0.15, 0.2) is 18.2 Å². The molecule has 6 nitrogen and oxygen atoms in total. The quantitative estimate of drug-likeness (QED) is 0.863. The summed E-state index contributed by atoms with van der Waals surface area (Å²) < 4.78 is 5.51. The largest absolute Gasteiger partial charge is 0.376 e. The number of fused-ring (bicyclic) bond motifs is 1. The molecule has 2 aliphatic heterocycles. The van der Waals surface area contributed by atoms with Crippen molar-refractivity contribution in [2.75, 3.05) is 18.5 Å². The van der Waals surface area contributed by atoms with E-state index in [-0.39, 0.29) is 29.7 Å². The summed E-state index contributed by atoms with van der Waals surface area (Å²) in [6.45, 7) is 4.56. The third kappa shape index (κ3) is 2.99. The van der Waals surface area contributed by atoms with E-state index in [1.165, 1.54) is 4.90 Å². The molecule has 23 heavy (non-hydrogen) atoms. The molecule has 1 saturated heterocycles.